The van der Waals surface area contributed by atoms with E-state index < -0.39 is 39.0 Å². The van der Waals surface area contributed by atoms with Gasteiger partial charge in [0.05, 0.1) is 38.3 Å². The zero-order chi connectivity index (χ0) is 22.4. The number of aromatic nitrogens is 3. The molecule has 1 aliphatic rings. The van der Waals surface area contributed by atoms with E-state index in [0.717, 1.165) is 0 Å². The molecule has 4 atom stereocenters. The maximum Gasteiger partial charge on any atom is 0.470 e. The molecule has 0 aliphatic carbocycles. The number of anilines is 1. The first kappa shape index (κ1) is 23.9. The number of imidazole rings is 1. The van der Waals surface area contributed by atoms with Crippen molar-refractivity contribution >= 4 is 24.7 Å². The minimum Gasteiger partial charge on any atom is -0.394 e. The smallest absolute Gasteiger partial charge is 0.394 e. The van der Waals surface area contributed by atoms with E-state index in [1.807, 2.05) is 0 Å². The van der Waals surface area contributed by atoms with E-state index >= 15 is 0 Å². The number of nitrogens with zero attached hydrogens (tertiary/aromatic N) is 3. The van der Waals surface area contributed by atoms with Crippen molar-refractivity contribution in [1.82, 2.24) is 14.5 Å². The van der Waals surface area contributed by atoms with Crippen LogP contribution >= 0.6 is 7.82 Å². The Hall–Kier alpha value is -1.71. The highest BCUT2D eigenvalue weighted by atomic mass is 31.2. The van der Waals surface area contributed by atoms with Crippen molar-refractivity contribution in [3.05, 3.63) is 18.6 Å². The van der Waals surface area contributed by atoms with Crippen molar-refractivity contribution in [2.24, 2.45) is 5.73 Å². The predicted octanol–water partition coefficient (Wildman–Crippen LogP) is -1.28. The standard InChI is InChI=1S/C16H26N5O9P/c17-2-4-26-5-6-27-9-28-14-13(30-31(23,24)25)11(7-22)29-16(14)21-8-20-12-10(21)1-3-19-15(12)18/h1,3,8,11,13-14,16,22H,2,4-7,9,17H2,(H2,18,19)(H2,23,24,25)/t11-,13-,14-,16-/m1/s1. The van der Waals surface area contributed by atoms with Crippen molar-refractivity contribution in [3.63, 3.8) is 0 Å². The normalized spacial score (nSPS) is 24.3. The number of phosphoric acid groups is 1. The van der Waals surface area contributed by atoms with E-state index in [1.165, 1.54) is 12.5 Å². The number of rotatable bonds is 12. The molecule has 3 rings (SSSR count). The number of phosphoric ester groups is 1. The molecule has 0 spiro atoms. The number of aliphatic hydroxyl groups is 1. The van der Waals surface area contributed by atoms with Gasteiger partial charge in [0.1, 0.15) is 30.6 Å². The first-order valence-corrected chi connectivity index (χ1v) is 10.9. The molecule has 0 bridgehead atoms. The van der Waals surface area contributed by atoms with Crippen LogP contribution in [0.3, 0.4) is 0 Å². The predicted molar refractivity (Wildman–Crippen MR) is 105 cm³/mol. The Balaban J connectivity index is 1.79. The fourth-order valence-corrected chi connectivity index (χ4v) is 3.79. The Labute approximate surface area is 177 Å². The van der Waals surface area contributed by atoms with Gasteiger partial charge in [-0.2, -0.15) is 0 Å². The molecule has 1 fully saturated rings. The summed E-state index contributed by atoms with van der Waals surface area (Å²) in [7, 11) is -4.92. The van der Waals surface area contributed by atoms with Gasteiger partial charge in [-0.05, 0) is 6.07 Å². The summed E-state index contributed by atoms with van der Waals surface area (Å²) in [6.07, 6.45) is -1.45. The first-order chi connectivity index (χ1) is 14.9. The fraction of sp³-hybridized carbons (Fsp3) is 0.625. The van der Waals surface area contributed by atoms with Crippen molar-refractivity contribution in [1.29, 1.82) is 0 Å². The van der Waals surface area contributed by atoms with E-state index in [1.54, 1.807) is 10.6 Å². The Morgan fingerprint density at radius 1 is 1.19 bits per heavy atom. The van der Waals surface area contributed by atoms with Crippen LogP contribution in [0.4, 0.5) is 5.82 Å². The highest BCUT2D eigenvalue weighted by Gasteiger charge is 2.50. The van der Waals surface area contributed by atoms with Gasteiger partial charge in [0.2, 0.25) is 0 Å². The number of hydrogen-bond donors (Lipinski definition) is 5. The number of nitrogen functional groups attached to an aromatic ring is 1. The highest BCUT2D eigenvalue weighted by Crippen LogP contribution is 2.45. The van der Waals surface area contributed by atoms with E-state index in [9.17, 15) is 19.5 Å². The molecule has 0 unspecified atom stereocenters. The molecule has 0 radical (unpaired) electrons. The SMILES string of the molecule is NCCOCCOCO[C@@H]1[C@H](OP(=O)(O)O)[C@@H](CO)O[C@H]1n1cnc2c(N)nccc21. The van der Waals surface area contributed by atoms with Crippen LogP contribution in [0, 0.1) is 0 Å². The second kappa shape index (κ2) is 10.7. The van der Waals surface area contributed by atoms with Crippen LogP contribution in [0.25, 0.3) is 11.0 Å². The molecule has 1 saturated heterocycles. The number of hydrogen-bond acceptors (Lipinski definition) is 11. The molecule has 0 saturated carbocycles. The zero-order valence-corrected chi connectivity index (χ0v) is 17.4. The molecule has 3 heterocycles. The minimum atomic E-state index is -4.92. The fourth-order valence-electron chi connectivity index (χ4n) is 3.22. The Morgan fingerprint density at radius 3 is 2.68 bits per heavy atom. The lowest BCUT2D eigenvalue weighted by molar-refractivity contribution is -0.142. The third-order valence-corrected chi connectivity index (χ3v) is 5.02. The summed E-state index contributed by atoms with van der Waals surface area (Å²) in [4.78, 5) is 26.8. The molecular formula is C16H26N5O9P. The van der Waals surface area contributed by atoms with Gasteiger partial charge in [0, 0.05) is 12.7 Å². The number of fused-ring (bicyclic) bond motifs is 1. The highest BCUT2D eigenvalue weighted by molar-refractivity contribution is 7.46. The first-order valence-electron chi connectivity index (χ1n) is 9.40. The van der Waals surface area contributed by atoms with Crippen LogP contribution < -0.4 is 11.5 Å². The van der Waals surface area contributed by atoms with Crippen LogP contribution in [0.5, 0.6) is 0 Å². The largest absolute Gasteiger partial charge is 0.470 e. The molecule has 0 amide bonds. The second-order valence-electron chi connectivity index (χ2n) is 6.58. The summed E-state index contributed by atoms with van der Waals surface area (Å²) in [6, 6.07) is 1.65. The van der Waals surface area contributed by atoms with E-state index in [4.69, 9.17) is 34.9 Å². The summed E-state index contributed by atoms with van der Waals surface area (Å²) in [5.74, 6) is 0.203. The zero-order valence-electron chi connectivity index (χ0n) is 16.5. The number of ether oxygens (including phenoxy) is 4. The van der Waals surface area contributed by atoms with E-state index in [-0.39, 0.29) is 19.2 Å². The lowest BCUT2D eigenvalue weighted by Crippen LogP contribution is -2.38. The van der Waals surface area contributed by atoms with Crippen LogP contribution in [-0.2, 0) is 28.0 Å². The Kier molecular flexibility index (Phi) is 8.30. The molecular weight excluding hydrogens is 437 g/mol. The third kappa shape index (κ3) is 5.96. The molecule has 7 N–H and O–H groups in total. The molecule has 2 aromatic heterocycles. The molecule has 2 aromatic rings. The van der Waals surface area contributed by atoms with Crippen LogP contribution in [0.15, 0.2) is 18.6 Å². The third-order valence-electron chi connectivity index (χ3n) is 4.50. The Morgan fingerprint density at radius 2 is 1.97 bits per heavy atom. The van der Waals surface area contributed by atoms with Crippen LogP contribution in [0.2, 0.25) is 0 Å². The molecule has 174 valence electrons. The number of nitrogens with two attached hydrogens (primary N) is 2. The molecule has 31 heavy (non-hydrogen) atoms. The Bertz CT molecular complexity index is 893. The quantitative estimate of drug-likeness (QED) is 0.141. The van der Waals surface area contributed by atoms with Gasteiger partial charge in [-0.15, -0.1) is 0 Å². The molecule has 15 heteroatoms. The minimum absolute atomic E-state index is 0.203. The summed E-state index contributed by atoms with van der Waals surface area (Å²) in [5, 5.41) is 9.69. The van der Waals surface area contributed by atoms with Gasteiger partial charge in [-0.1, -0.05) is 0 Å². The van der Waals surface area contributed by atoms with Crippen molar-refractivity contribution in [2.45, 2.75) is 24.5 Å². The van der Waals surface area contributed by atoms with Crippen molar-refractivity contribution < 1.29 is 42.9 Å². The molecule has 0 aromatic carbocycles. The van der Waals surface area contributed by atoms with Crippen LogP contribution in [0.1, 0.15) is 6.23 Å². The van der Waals surface area contributed by atoms with Gasteiger partial charge in [-0.25, -0.2) is 14.5 Å². The summed E-state index contributed by atoms with van der Waals surface area (Å²) >= 11 is 0. The average molecular weight is 463 g/mol. The molecule has 1 aliphatic heterocycles. The summed E-state index contributed by atoms with van der Waals surface area (Å²) < 4.78 is 40.0. The summed E-state index contributed by atoms with van der Waals surface area (Å²) in [6.45, 7) is 0.482. The van der Waals surface area contributed by atoms with Gasteiger partial charge in [0.15, 0.2) is 12.0 Å². The topological polar surface area (TPSA) is 207 Å². The van der Waals surface area contributed by atoms with E-state index in [0.29, 0.717) is 30.8 Å². The van der Waals surface area contributed by atoms with Crippen molar-refractivity contribution in [2.75, 3.05) is 45.5 Å². The monoisotopic (exact) mass is 463 g/mol. The second-order valence-corrected chi connectivity index (χ2v) is 7.77. The lowest BCUT2D eigenvalue weighted by Gasteiger charge is -2.25. The lowest BCUT2D eigenvalue weighted by atomic mass is 10.1. The van der Waals surface area contributed by atoms with Gasteiger partial charge >= 0.3 is 7.82 Å². The van der Waals surface area contributed by atoms with Gasteiger partial charge < -0.3 is 49.9 Å². The number of aliphatic hydroxyl groups excluding tert-OH is 1. The van der Waals surface area contributed by atoms with E-state index in [2.05, 4.69) is 9.97 Å². The average Bonchev–Trinajstić information content (AvgIpc) is 3.28. The maximum absolute atomic E-state index is 11.5. The van der Waals surface area contributed by atoms with Crippen molar-refractivity contribution in [3.8, 4) is 0 Å². The molecule has 14 nitrogen and oxygen atoms in total. The maximum atomic E-state index is 11.5. The van der Waals surface area contributed by atoms with Gasteiger partial charge in [-0.3, -0.25) is 4.52 Å². The van der Waals surface area contributed by atoms with Crippen LogP contribution in [-0.4, -0.2) is 87.5 Å². The summed E-state index contributed by atoms with van der Waals surface area (Å²) in [5.41, 5.74) is 12.1. The number of pyridine rings is 1. The van der Waals surface area contributed by atoms with Gasteiger partial charge in [0.25, 0.3) is 0 Å².